The van der Waals surface area contributed by atoms with Gasteiger partial charge in [-0.3, -0.25) is 14.4 Å². The van der Waals surface area contributed by atoms with E-state index in [1.165, 1.54) is 34.0 Å². The highest BCUT2D eigenvalue weighted by Crippen LogP contribution is 2.36. The van der Waals surface area contributed by atoms with Crippen molar-refractivity contribution in [2.75, 3.05) is 13.7 Å². The molecule has 198 valence electrons. The molecule has 3 rings (SSSR count). The Bertz CT molecular complexity index is 1160. The van der Waals surface area contributed by atoms with Crippen molar-refractivity contribution in [1.82, 2.24) is 15.0 Å². The number of carbonyl (C=O) groups is 4. The summed E-state index contributed by atoms with van der Waals surface area (Å²) in [5.41, 5.74) is 1.45. The third-order valence-electron chi connectivity index (χ3n) is 5.67. The molecule has 0 amide bonds. The van der Waals surface area contributed by atoms with Gasteiger partial charge in [0.1, 0.15) is 18.4 Å². The standard InChI is InChI=1S/C25H29N3O9/c1-14-20(28-12-19(26-27-28)18-9-7-6-8-10-18)11-21(25(32)33-5)37-23(14)24(36-17(4)31)22(35-16(3)30)13-34-15(2)29/h6-12,14,20,22-24H,13H2,1-5H3/t14-,20+,22-,23-,24-/m1/s1. The van der Waals surface area contributed by atoms with Crippen LogP contribution >= 0.6 is 0 Å². The van der Waals surface area contributed by atoms with Crippen molar-refractivity contribution >= 4 is 23.9 Å². The molecule has 0 N–H and O–H groups in total. The van der Waals surface area contributed by atoms with Crippen LogP contribution in [0.3, 0.4) is 0 Å². The van der Waals surface area contributed by atoms with E-state index in [2.05, 4.69) is 10.3 Å². The Morgan fingerprint density at radius 2 is 1.70 bits per heavy atom. The summed E-state index contributed by atoms with van der Waals surface area (Å²) < 4.78 is 28.3. The van der Waals surface area contributed by atoms with Crippen molar-refractivity contribution < 1.29 is 42.9 Å². The van der Waals surface area contributed by atoms with Gasteiger partial charge in [-0.2, -0.15) is 0 Å². The van der Waals surface area contributed by atoms with Gasteiger partial charge in [0, 0.05) is 32.3 Å². The largest absolute Gasteiger partial charge is 0.479 e. The van der Waals surface area contributed by atoms with Crippen LogP contribution in [-0.4, -0.2) is 70.9 Å². The van der Waals surface area contributed by atoms with Gasteiger partial charge in [-0.25, -0.2) is 9.48 Å². The summed E-state index contributed by atoms with van der Waals surface area (Å²) in [6, 6.07) is 8.81. The van der Waals surface area contributed by atoms with Crippen molar-refractivity contribution in [1.29, 1.82) is 0 Å². The molecule has 0 unspecified atom stereocenters. The fourth-order valence-electron chi connectivity index (χ4n) is 4.01. The topological polar surface area (TPSA) is 145 Å². The van der Waals surface area contributed by atoms with Gasteiger partial charge >= 0.3 is 23.9 Å². The molecular formula is C25H29N3O9. The smallest absolute Gasteiger partial charge is 0.373 e. The van der Waals surface area contributed by atoms with Crippen LogP contribution < -0.4 is 0 Å². The minimum Gasteiger partial charge on any atom is -0.479 e. The first-order chi connectivity index (χ1) is 17.6. The monoisotopic (exact) mass is 515 g/mol. The van der Waals surface area contributed by atoms with Crippen LogP contribution in [0.1, 0.15) is 33.7 Å². The second-order valence-electron chi connectivity index (χ2n) is 8.43. The number of hydrogen-bond acceptors (Lipinski definition) is 11. The zero-order chi connectivity index (χ0) is 27.1. The number of esters is 4. The van der Waals surface area contributed by atoms with Gasteiger partial charge in [0.05, 0.1) is 19.3 Å². The van der Waals surface area contributed by atoms with Crippen molar-refractivity contribution in [3.63, 3.8) is 0 Å². The Hall–Kier alpha value is -4.22. The minimum atomic E-state index is -1.25. The van der Waals surface area contributed by atoms with E-state index in [0.717, 1.165) is 5.56 Å². The van der Waals surface area contributed by atoms with Crippen LogP contribution in [0.4, 0.5) is 0 Å². The van der Waals surface area contributed by atoms with E-state index >= 15 is 0 Å². The Balaban J connectivity index is 2.03. The zero-order valence-electron chi connectivity index (χ0n) is 21.2. The first-order valence-corrected chi connectivity index (χ1v) is 11.5. The van der Waals surface area contributed by atoms with Crippen LogP contribution in [0, 0.1) is 5.92 Å². The number of methoxy groups -OCH3 is 1. The maximum absolute atomic E-state index is 12.5. The number of nitrogens with zero attached hydrogens (tertiary/aromatic N) is 3. The Morgan fingerprint density at radius 1 is 1.03 bits per heavy atom. The fraction of sp³-hybridized carbons (Fsp3) is 0.440. The van der Waals surface area contributed by atoms with Crippen LogP contribution in [0.25, 0.3) is 11.3 Å². The second kappa shape index (κ2) is 12.2. The SMILES string of the molecule is COC(=O)C1=C[C@H](n2cc(-c3ccccc3)nn2)[C@@H](C)[C@H]([C@H](OC(C)=O)[C@@H](COC(C)=O)OC(C)=O)O1. The van der Waals surface area contributed by atoms with E-state index in [4.69, 9.17) is 23.7 Å². The predicted molar refractivity (Wildman–Crippen MR) is 126 cm³/mol. The summed E-state index contributed by atoms with van der Waals surface area (Å²) >= 11 is 0. The molecule has 2 heterocycles. The third kappa shape index (κ3) is 6.93. The molecule has 0 radical (unpaired) electrons. The van der Waals surface area contributed by atoms with Gasteiger partial charge in [0.2, 0.25) is 5.76 Å². The minimum absolute atomic E-state index is 0.154. The molecule has 1 aliphatic heterocycles. The van der Waals surface area contributed by atoms with Crippen molar-refractivity contribution in [2.45, 2.75) is 52.0 Å². The fourth-order valence-corrected chi connectivity index (χ4v) is 4.01. The molecule has 0 bridgehead atoms. The van der Waals surface area contributed by atoms with Gasteiger partial charge in [0.25, 0.3) is 0 Å². The van der Waals surface area contributed by atoms with Crippen molar-refractivity contribution in [3.8, 4) is 11.3 Å². The molecule has 0 saturated heterocycles. The number of carbonyl (C=O) groups excluding carboxylic acids is 4. The maximum atomic E-state index is 12.5. The van der Waals surface area contributed by atoms with Gasteiger partial charge in [0.15, 0.2) is 12.2 Å². The van der Waals surface area contributed by atoms with E-state index in [0.29, 0.717) is 5.69 Å². The van der Waals surface area contributed by atoms with Gasteiger partial charge in [-0.1, -0.05) is 42.5 Å². The highest BCUT2D eigenvalue weighted by Gasteiger charge is 2.46. The molecule has 0 saturated carbocycles. The molecule has 2 aromatic rings. The number of allylic oxidation sites excluding steroid dienone is 1. The first kappa shape index (κ1) is 27.4. The summed E-state index contributed by atoms with van der Waals surface area (Å²) in [7, 11) is 1.20. The summed E-state index contributed by atoms with van der Waals surface area (Å²) in [5.74, 6) is -3.44. The zero-order valence-corrected chi connectivity index (χ0v) is 21.2. The van der Waals surface area contributed by atoms with Crippen LogP contribution in [0.5, 0.6) is 0 Å². The Morgan fingerprint density at radius 3 is 2.30 bits per heavy atom. The lowest BCUT2D eigenvalue weighted by atomic mass is 9.87. The molecule has 0 fully saturated rings. The summed E-state index contributed by atoms with van der Waals surface area (Å²) in [5, 5.41) is 8.49. The molecule has 1 aliphatic rings. The molecule has 1 aromatic carbocycles. The summed E-state index contributed by atoms with van der Waals surface area (Å²) in [4.78, 5) is 47.9. The van der Waals surface area contributed by atoms with E-state index in [9.17, 15) is 19.2 Å². The lowest BCUT2D eigenvalue weighted by molar-refractivity contribution is -0.190. The number of hydrogen-bond donors (Lipinski definition) is 0. The normalized spacial score (nSPS) is 20.5. The van der Waals surface area contributed by atoms with E-state index < -0.39 is 60.8 Å². The predicted octanol–water partition coefficient (Wildman–Crippen LogP) is 2.00. The Labute approximate surface area is 213 Å². The van der Waals surface area contributed by atoms with Crippen LogP contribution in [0.2, 0.25) is 0 Å². The van der Waals surface area contributed by atoms with Crippen molar-refractivity contribution in [2.24, 2.45) is 5.92 Å². The summed E-state index contributed by atoms with van der Waals surface area (Å²) in [6.45, 7) is 4.92. The van der Waals surface area contributed by atoms with E-state index in [1.54, 1.807) is 17.8 Å². The van der Waals surface area contributed by atoms with Crippen LogP contribution in [-0.2, 0) is 42.9 Å². The van der Waals surface area contributed by atoms with Crippen molar-refractivity contribution in [3.05, 3.63) is 48.4 Å². The molecule has 1 aromatic heterocycles. The maximum Gasteiger partial charge on any atom is 0.373 e. The lowest BCUT2D eigenvalue weighted by Crippen LogP contribution is -2.52. The number of rotatable bonds is 9. The van der Waals surface area contributed by atoms with E-state index in [-0.39, 0.29) is 5.76 Å². The first-order valence-electron chi connectivity index (χ1n) is 11.5. The van der Waals surface area contributed by atoms with Crippen LogP contribution in [0.15, 0.2) is 48.4 Å². The number of ether oxygens (including phenoxy) is 5. The average Bonchev–Trinajstić information content (AvgIpc) is 3.35. The molecule has 37 heavy (non-hydrogen) atoms. The van der Waals surface area contributed by atoms with E-state index in [1.807, 2.05) is 30.3 Å². The molecule has 0 spiro atoms. The highest BCUT2D eigenvalue weighted by molar-refractivity contribution is 5.86. The van der Waals surface area contributed by atoms with Gasteiger partial charge < -0.3 is 23.7 Å². The van der Waals surface area contributed by atoms with Gasteiger partial charge in [-0.15, -0.1) is 5.10 Å². The summed E-state index contributed by atoms with van der Waals surface area (Å²) in [6.07, 6.45) is -0.242. The quantitative estimate of drug-likeness (QED) is 0.357. The van der Waals surface area contributed by atoms with Gasteiger partial charge in [-0.05, 0) is 6.08 Å². The molecule has 0 aliphatic carbocycles. The average molecular weight is 516 g/mol. The lowest BCUT2D eigenvalue weighted by Gasteiger charge is -2.40. The third-order valence-corrected chi connectivity index (χ3v) is 5.67. The molecule has 5 atom stereocenters. The number of aromatic nitrogens is 3. The Kier molecular flexibility index (Phi) is 8.99. The highest BCUT2D eigenvalue weighted by atomic mass is 16.6. The molecule has 12 nitrogen and oxygen atoms in total. The second-order valence-corrected chi connectivity index (χ2v) is 8.43. The molecule has 12 heteroatoms. The number of benzene rings is 1. The molecular weight excluding hydrogens is 486 g/mol.